The summed E-state index contributed by atoms with van der Waals surface area (Å²) in [4.78, 5) is 14.5. The maximum atomic E-state index is 12.5. The van der Waals surface area contributed by atoms with E-state index in [2.05, 4.69) is 15.9 Å². The molecule has 3 nitrogen and oxygen atoms in total. The zero-order valence-corrected chi connectivity index (χ0v) is 13.9. The van der Waals surface area contributed by atoms with Crippen molar-refractivity contribution in [1.29, 1.82) is 0 Å². The predicted molar refractivity (Wildman–Crippen MR) is 84.7 cm³/mol. The molecule has 20 heavy (non-hydrogen) atoms. The molecule has 5 heteroatoms. The Morgan fingerprint density at radius 2 is 2.35 bits per heavy atom. The van der Waals surface area contributed by atoms with Crippen molar-refractivity contribution in [2.45, 2.75) is 19.3 Å². The summed E-state index contributed by atoms with van der Waals surface area (Å²) in [5.41, 5.74) is 0.698. The molecule has 0 saturated carbocycles. The fraction of sp³-hybridized carbons (Fsp3) is 0.533. The molecule has 1 aromatic rings. The van der Waals surface area contributed by atoms with E-state index in [-0.39, 0.29) is 5.91 Å². The molecule has 0 N–H and O–H groups in total. The van der Waals surface area contributed by atoms with Crippen LogP contribution >= 0.6 is 27.5 Å². The highest BCUT2D eigenvalue weighted by molar-refractivity contribution is 9.10. The van der Waals surface area contributed by atoms with Gasteiger partial charge in [-0.25, -0.2) is 0 Å². The Labute approximate surface area is 133 Å². The molecule has 1 atom stereocenters. The van der Waals surface area contributed by atoms with E-state index in [1.807, 2.05) is 23.1 Å². The van der Waals surface area contributed by atoms with Gasteiger partial charge in [-0.1, -0.05) is 0 Å². The number of carbonyl (C=O) groups is 1. The molecule has 1 heterocycles. The van der Waals surface area contributed by atoms with Crippen LogP contribution in [0.4, 0.5) is 0 Å². The van der Waals surface area contributed by atoms with Crippen molar-refractivity contribution in [3.05, 3.63) is 28.2 Å². The molecule has 0 aromatic heterocycles. The summed E-state index contributed by atoms with van der Waals surface area (Å²) < 4.78 is 5.99. The van der Waals surface area contributed by atoms with Gasteiger partial charge in [-0.05, 0) is 59.3 Å². The van der Waals surface area contributed by atoms with Crippen LogP contribution in [0.1, 0.15) is 29.6 Å². The summed E-state index contributed by atoms with van der Waals surface area (Å²) in [6.07, 6.45) is 3.21. The summed E-state index contributed by atoms with van der Waals surface area (Å²) >= 11 is 9.23. The smallest absolute Gasteiger partial charge is 0.253 e. The quantitative estimate of drug-likeness (QED) is 0.761. The van der Waals surface area contributed by atoms with Gasteiger partial charge in [-0.2, -0.15) is 0 Å². The van der Waals surface area contributed by atoms with E-state index in [1.165, 1.54) is 6.42 Å². The molecule has 110 valence electrons. The molecule has 1 aliphatic heterocycles. The maximum Gasteiger partial charge on any atom is 0.253 e. The topological polar surface area (TPSA) is 29.5 Å². The lowest BCUT2D eigenvalue weighted by Gasteiger charge is -2.32. The second-order valence-electron chi connectivity index (χ2n) is 5.09. The molecule has 1 unspecified atom stereocenters. The third kappa shape index (κ3) is 3.67. The van der Waals surface area contributed by atoms with Crippen LogP contribution in [0.3, 0.4) is 0 Å². The Morgan fingerprint density at radius 3 is 3.00 bits per heavy atom. The van der Waals surface area contributed by atoms with Crippen LogP contribution in [0.5, 0.6) is 5.75 Å². The molecular weight excluding hydrogens is 342 g/mol. The first-order valence-electron chi connectivity index (χ1n) is 6.84. The fourth-order valence-electron chi connectivity index (χ4n) is 2.62. The lowest BCUT2D eigenvalue weighted by Crippen LogP contribution is -2.40. The van der Waals surface area contributed by atoms with Gasteiger partial charge < -0.3 is 9.64 Å². The number of rotatable bonds is 4. The first kappa shape index (κ1) is 15.6. The molecular formula is C15H19BrClNO2. The number of hydrogen-bond donors (Lipinski definition) is 0. The highest BCUT2D eigenvalue weighted by Gasteiger charge is 2.24. The highest BCUT2D eigenvalue weighted by atomic mass is 79.9. The SMILES string of the molecule is COc1ccc(C(=O)N2CCCC(CCCl)C2)cc1Br. The summed E-state index contributed by atoms with van der Waals surface area (Å²) in [5.74, 6) is 2.03. The summed E-state index contributed by atoms with van der Waals surface area (Å²) in [6.45, 7) is 1.65. The van der Waals surface area contributed by atoms with Crippen molar-refractivity contribution >= 4 is 33.4 Å². The predicted octanol–water partition coefficient (Wildman–Crippen LogP) is 3.94. The minimum Gasteiger partial charge on any atom is -0.496 e. The highest BCUT2D eigenvalue weighted by Crippen LogP contribution is 2.27. The molecule has 0 spiro atoms. The molecule has 1 fully saturated rings. The number of benzene rings is 1. The number of hydrogen-bond acceptors (Lipinski definition) is 2. The van der Waals surface area contributed by atoms with Gasteiger partial charge in [0, 0.05) is 24.5 Å². The van der Waals surface area contributed by atoms with Crippen LogP contribution in [0, 0.1) is 5.92 Å². The van der Waals surface area contributed by atoms with E-state index in [0.717, 1.165) is 36.2 Å². The van der Waals surface area contributed by atoms with Crippen molar-refractivity contribution in [1.82, 2.24) is 4.90 Å². The lowest BCUT2D eigenvalue weighted by molar-refractivity contribution is 0.0671. The van der Waals surface area contributed by atoms with Crippen LogP contribution in [0.15, 0.2) is 22.7 Å². The van der Waals surface area contributed by atoms with Gasteiger partial charge in [-0.3, -0.25) is 4.79 Å². The number of methoxy groups -OCH3 is 1. The van der Waals surface area contributed by atoms with Crippen LogP contribution in [0.2, 0.25) is 0 Å². The molecule has 2 rings (SSSR count). The van der Waals surface area contributed by atoms with Gasteiger partial charge in [-0.15, -0.1) is 11.6 Å². The van der Waals surface area contributed by atoms with Gasteiger partial charge in [0.2, 0.25) is 0 Å². The van der Waals surface area contributed by atoms with Gasteiger partial charge in [0.15, 0.2) is 0 Å². The number of ether oxygens (including phenoxy) is 1. The zero-order chi connectivity index (χ0) is 14.5. The minimum atomic E-state index is 0.0904. The second-order valence-corrected chi connectivity index (χ2v) is 6.32. The summed E-state index contributed by atoms with van der Waals surface area (Å²) in [5, 5.41) is 0. The van der Waals surface area contributed by atoms with E-state index in [1.54, 1.807) is 7.11 Å². The number of piperidine rings is 1. The Bertz CT molecular complexity index is 479. The lowest BCUT2D eigenvalue weighted by atomic mass is 9.95. The number of amides is 1. The number of nitrogens with zero attached hydrogens (tertiary/aromatic N) is 1. The monoisotopic (exact) mass is 359 g/mol. The van der Waals surface area contributed by atoms with Crippen LogP contribution in [-0.4, -0.2) is 36.9 Å². The van der Waals surface area contributed by atoms with Crippen LogP contribution in [0.25, 0.3) is 0 Å². The number of carbonyl (C=O) groups excluding carboxylic acids is 1. The first-order valence-corrected chi connectivity index (χ1v) is 8.17. The largest absolute Gasteiger partial charge is 0.496 e. The first-order chi connectivity index (χ1) is 9.65. The van der Waals surface area contributed by atoms with Crippen molar-refractivity contribution in [2.75, 3.05) is 26.1 Å². The Hall–Kier alpha value is -0.740. The van der Waals surface area contributed by atoms with E-state index in [9.17, 15) is 4.79 Å². The van der Waals surface area contributed by atoms with Crippen molar-refractivity contribution in [2.24, 2.45) is 5.92 Å². The average Bonchev–Trinajstić information content (AvgIpc) is 2.47. The van der Waals surface area contributed by atoms with E-state index in [0.29, 0.717) is 17.4 Å². The number of alkyl halides is 1. The minimum absolute atomic E-state index is 0.0904. The molecule has 0 bridgehead atoms. The van der Waals surface area contributed by atoms with E-state index in [4.69, 9.17) is 16.3 Å². The van der Waals surface area contributed by atoms with Crippen molar-refractivity contribution in [3.8, 4) is 5.75 Å². The van der Waals surface area contributed by atoms with E-state index >= 15 is 0 Å². The van der Waals surface area contributed by atoms with Gasteiger partial charge in [0.25, 0.3) is 5.91 Å². The maximum absolute atomic E-state index is 12.5. The van der Waals surface area contributed by atoms with E-state index < -0.39 is 0 Å². The second kappa shape index (κ2) is 7.32. The zero-order valence-electron chi connectivity index (χ0n) is 11.6. The Balaban J connectivity index is 2.08. The standard InChI is InChI=1S/C15H19BrClNO2/c1-20-14-5-4-12(9-13(14)16)15(19)18-8-2-3-11(10-18)6-7-17/h4-5,9,11H,2-3,6-8,10H2,1H3. The molecule has 0 radical (unpaired) electrons. The van der Waals surface area contributed by atoms with Gasteiger partial charge >= 0.3 is 0 Å². The molecule has 1 aliphatic rings. The fourth-order valence-corrected chi connectivity index (χ4v) is 3.47. The molecule has 0 aliphatic carbocycles. The van der Waals surface area contributed by atoms with Crippen LogP contribution < -0.4 is 4.74 Å². The summed E-state index contributed by atoms with van der Waals surface area (Å²) in [7, 11) is 1.61. The molecule has 1 aromatic carbocycles. The molecule has 1 saturated heterocycles. The van der Waals surface area contributed by atoms with Crippen molar-refractivity contribution in [3.63, 3.8) is 0 Å². The Morgan fingerprint density at radius 1 is 1.55 bits per heavy atom. The third-order valence-electron chi connectivity index (χ3n) is 3.72. The van der Waals surface area contributed by atoms with Gasteiger partial charge in [0.05, 0.1) is 11.6 Å². The van der Waals surface area contributed by atoms with Crippen molar-refractivity contribution < 1.29 is 9.53 Å². The summed E-state index contributed by atoms with van der Waals surface area (Å²) in [6, 6.07) is 5.46. The number of likely N-dealkylation sites (tertiary alicyclic amines) is 1. The normalized spacial score (nSPS) is 18.9. The van der Waals surface area contributed by atoms with Gasteiger partial charge in [0.1, 0.15) is 5.75 Å². The van der Waals surface area contributed by atoms with Crippen LogP contribution in [-0.2, 0) is 0 Å². The third-order valence-corrected chi connectivity index (χ3v) is 4.56. The number of halogens is 2. The average molecular weight is 361 g/mol. The Kier molecular flexibility index (Phi) is 5.73. The molecule has 1 amide bonds.